The van der Waals surface area contributed by atoms with Crippen molar-refractivity contribution in [2.45, 2.75) is 32.4 Å². The Morgan fingerprint density at radius 1 is 1.56 bits per heavy atom. The van der Waals surface area contributed by atoms with Gasteiger partial charge in [-0.3, -0.25) is 24.5 Å². The molecule has 0 aliphatic heterocycles. The molecule has 0 spiro atoms. The molecule has 0 saturated heterocycles. The first kappa shape index (κ1) is 12.5. The van der Waals surface area contributed by atoms with Gasteiger partial charge in [0.2, 0.25) is 11.9 Å². The van der Waals surface area contributed by atoms with Gasteiger partial charge in [-0.1, -0.05) is 6.07 Å². The molecular formula is C12H15N3O3. The predicted octanol–water partition coefficient (Wildman–Crippen LogP) is 1.10. The highest BCUT2D eigenvalue weighted by molar-refractivity contribution is 5.84. The van der Waals surface area contributed by atoms with Crippen LogP contribution in [0.25, 0.3) is 0 Å². The fraction of sp³-hybridized carbons (Fsp3) is 0.500. The van der Waals surface area contributed by atoms with Crippen LogP contribution < -0.4 is 5.49 Å². The number of aromatic nitrogens is 1. The first-order valence-corrected chi connectivity index (χ1v) is 5.90. The molecule has 1 aromatic heterocycles. The van der Waals surface area contributed by atoms with Crippen LogP contribution in [0.5, 0.6) is 0 Å². The summed E-state index contributed by atoms with van der Waals surface area (Å²) < 4.78 is 1.41. The van der Waals surface area contributed by atoms with E-state index in [9.17, 15) is 14.9 Å². The molecule has 1 aliphatic carbocycles. The Labute approximate surface area is 104 Å². The molecule has 6 heteroatoms. The van der Waals surface area contributed by atoms with Crippen molar-refractivity contribution in [3.63, 3.8) is 0 Å². The number of nitro groups is 1. The maximum absolute atomic E-state index is 12.1. The molecule has 0 unspecified atom stereocenters. The van der Waals surface area contributed by atoms with Crippen molar-refractivity contribution in [3.8, 4) is 0 Å². The molecule has 1 aromatic rings. The van der Waals surface area contributed by atoms with E-state index >= 15 is 0 Å². The highest BCUT2D eigenvalue weighted by Gasteiger charge is 2.53. The molecule has 18 heavy (non-hydrogen) atoms. The Balaban J connectivity index is 2.30. The lowest BCUT2D eigenvalue weighted by Gasteiger charge is -2.05. The molecular weight excluding hydrogens is 234 g/mol. The van der Waals surface area contributed by atoms with Crippen molar-refractivity contribution in [1.29, 1.82) is 0 Å². The molecule has 0 aromatic carbocycles. The number of rotatable bonds is 3. The fourth-order valence-electron chi connectivity index (χ4n) is 1.85. The maximum atomic E-state index is 12.1. The van der Waals surface area contributed by atoms with Crippen LogP contribution in [-0.4, -0.2) is 27.5 Å². The van der Waals surface area contributed by atoms with Crippen molar-refractivity contribution in [1.82, 2.24) is 4.57 Å². The summed E-state index contributed by atoms with van der Waals surface area (Å²) in [6.07, 6.45) is 1.94. The van der Waals surface area contributed by atoms with Crippen LogP contribution in [0.3, 0.4) is 0 Å². The summed E-state index contributed by atoms with van der Waals surface area (Å²) in [7, 11) is 0. The second kappa shape index (κ2) is 4.72. The maximum Gasteiger partial charge on any atom is 0.242 e. The first-order valence-electron chi connectivity index (χ1n) is 5.90. The molecule has 96 valence electrons. The van der Waals surface area contributed by atoms with E-state index in [4.69, 9.17) is 0 Å². The zero-order chi connectivity index (χ0) is 13.3. The van der Waals surface area contributed by atoms with Gasteiger partial charge < -0.3 is 0 Å². The molecule has 0 N–H and O–H groups in total. The lowest BCUT2D eigenvalue weighted by molar-refractivity contribution is -0.497. The third kappa shape index (κ3) is 2.47. The molecule has 0 radical (unpaired) electrons. The van der Waals surface area contributed by atoms with Crippen LogP contribution >= 0.6 is 0 Å². The van der Waals surface area contributed by atoms with Crippen LogP contribution in [0.4, 0.5) is 0 Å². The van der Waals surface area contributed by atoms with Crippen molar-refractivity contribution >= 4 is 5.91 Å². The van der Waals surface area contributed by atoms with Gasteiger partial charge >= 0.3 is 0 Å². The van der Waals surface area contributed by atoms with Gasteiger partial charge in [0.1, 0.15) is 11.4 Å². The number of carbonyl (C=O) groups excluding carboxylic acids is 1. The molecule has 1 heterocycles. The van der Waals surface area contributed by atoms with Crippen molar-refractivity contribution in [2.24, 2.45) is 10.9 Å². The monoisotopic (exact) mass is 249 g/mol. The number of hydrogen-bond acceptors (Lipinski definition) is 4. The summed E-state index contributed by atoms with van der Waals surface area (Å²) in [5.41, 5.74) is 0.548. The largest absolute Gasteiger partial charge is 0.273 e. The highest BCUT2D eigenvalue weighted by Crippen LogP contribution is 2.33. The lowest BCUT2D eigenvalue weighted by Crippen LogP contribution is -2.30. The van der Waals surface area contributed by atoms with E-state index in [1.54, 1.807) is 24.4 Å². The van der Waals surface area contributed by atoms with E-state index in [2.05, 4.69) is 4.99 Å². The summed E-state index contributed by atoms with van der Waals surface area (Å²) in [5, 5.41) is 10.6. The molecule has 0 bridgehead atoms. The zero-order valence-electron chi connectivity index (χ0n) is 10.3. The van der Waals surface area contributed by atoms with Gasteiger partial charge in [-0.15, -0.1) is 0 Å². The van der Waals surface area contributed by atoms with Crippen LogP contribution in [-0.2, 0) is 0 Å². The quantitative estimate of drug-likeness (QED) is 0.594. The Kier molecular flexibility index (Phi) is 3.27. The van der Waals surface area contributed by atoms with Gasteiger partial charge in [-0.25, -0.2) is 0 Å². The van der Waals surface area contributed by atoms with E-state index in [-0.39, 0.29) is 16.9 Å². The number of carbonyl (C=O) groups is 1. The van der Waals surface area contributed by atoms with Crippen molar-refractivity contribution in [3.05, 3.63) is 40.0 Å². The summed E-state index contributed by atoms with van der Waals surface area (Å²) in [5.74, 6) is -0.745. The molecule has 1 saturated carbocycles. The Morgan fingerprint density at radius 3 is 2.83 bits per heavy atom. The minimum absolute atomic E-state index is 0.0666. The Bertz CT molecular complexity index is 547. The summed E-state index contributed by atoms with van der Waals surface area (Å²) in [6.45, 7) is 3.83. The van der Waals surface area contributed by atoms with Gasteiger partial charge in [0.05, 0.1) is 0 Å². The normalized spacial score (nSPS) is 23.2. The molecule has 0 amide bonds. The highest BCUT2D eigenvalue weighted by atomic mass is 16.6. The second-order valence-corrected chi connectivity index (χ2v) is 4.68. The summed E-state index contributed by atoms with van der Waals surface area (Å²) in [4.78, 5) is 26.7. The molecule has 1 aliphatic rings. The smallest absolute Gasteiger partial charge is 0.242 e. The van der Waals surface area contributed by atoms with Gasteiger partial charge in [0.25, 0.3) is 0 Å². The average Bonchev–Trinajstić information content (AvgIpc) is 3.08. The van der Waals surface area contributed by atoms with E-state index in [1.165, 1.54) is 4.57 Å². The zero-order valence-corrected chi connectivity index (χ0v) is 10.3. The summed E-state index contributed by atoms with van der Waals surface area (Å²) in [6, 6.07) is 4.60. The molecule has 6 nitrogen and oxygen atoms in total. The van der Waals surface area contributed by atoms with Crippen LogP contribution in [0.2, 0.25) is 0 Å². The van der Waals surface area contributed by atoms with E-state index in [1.807, 2.05) is 13.8 Å². The van der Waals surface area contributed by atoms with Crippen molar-refractivity contribution in [2.75, 3.05) is 0 Å². The summed E-state index contributed by atoms with van der Waals surface area (Å²) >= 11 is 0. The second-order valence-electron chi connectivity index (χ2n) is 4.68. The van der Waals surface area contributed by atoms with Gasteiger partial charge in [0, 0.05) is 23.6 Å². The van der Waals surface area contributed by atoms with E-state index in [0.29, 0.717) is 11.9 Å². The molecule has 2 rings (SSSR count). The predicted molar refractivity (Wildman–Crippen MR) is 64.6 cm³/mol. The molecule has 2 atom stereocenters. The third-order valence-corrected chi connectivity index (χ3v) is 2.81. The topological polar surface area (TPSA) is 77.5 Å². The van der Waals surface area contributed by atoms with Crippen LogP contribution in [0.15, 0.2) is 29.4 Å². The van der Waals surface area contributed by atoms with Gasteiger partial charge in [0.15, 0.2) is 0 Å². The van der Waals surface area contributed by atoms with Crippen LogP contribution in [0.1, 0.15) is 25.1 Å². The minimum atomic E-state index is -0.725. The number of hydrogen-bond donors (Lipinski definition) is 0. The third-order valence-electron chi connectivity index (χ3n) is 2.81. The van der Waals surface area contributed by atoms with Gasteiger partial charge in [-0.05, 0) is 26.0 Å². The van der Waals surface area contributed by atoms with E-state index in [0.717, 1.165) is 0 Å². The Hall–Kier alpha value is -1.98. The minimum Gasteiger partial charge on any atom is -0.273 e. The molecule has 1 fully saturated rings. The average molecular weight is 249 g/mol. The van der Waals surface area contributed by atoms with Gasteiger partial charge in [-0.2, -0.15) is 0 Å². The SMILES string of the molecule is CC(C)N=c1ccccn1C(=O)[C@@H]1C[C@H]1[N+](=O)[O-]. The lowest BCUT2D eigenvalue weighted by atomic mass is 10.3. The van der Waals surface area contributed by atoms with Crippen LogP contribution in [0, 0.1) is 16.0 Å². The standard InChI is InChI=1S/C12H15N3O3/c1-8(2)13-11-5-3-4-6-14(11)12(16)9-7-10(9)15(17)18/h3-6,8-10H,7H2,1-2H3/t9-,10-/m1/s1. The first-order chi connectivity index (χ1) is 8.50. The van der Waals surface area contributed by atoms with Crippen molar-refractivity contribution < 1.29 is 9.72 Å². The number of nitrogens with zero attached hydrogens (tertiary/aromatic N) is 3. The van der Waals surface area contributed by atoms with E-state index < -0.39 is 12.0 Å². The fourth-order valence-corrected chi connectivity index (χ4v) is 1.85. The number of pyridine rings is 1. The Morgan fingerprint density at radius 2 is 2.28 bits per heavy atom.